The summed E-state index contributed by atoms with van der Waals surface area (Å²) in [5, 5.41) is 9.00. The molecule has 1 aliphatic rings. The molecule has 6 nitrogen and oxygen atoms in total. The van der Waals surface area contributed by atoms with E-state index < -0.39 is 0 Å². The molecule has 6 heteroatoms. The Hall–Kier alpha value is -2.60. The van der Waals surface area contributed by atoms with Gasteiger partial charge in [0.2, 0.25) is 5.91 Å². The highest BCUT2D eigenvalue weighted by atomic mass is 16.5. The number of nitrogens with zero attached hydrogens (tertiary/aromatic N) is 2. The number of fused-ring (bicyclic) bond motifs is 2. The van der Waals surface area contributed by atoms with Gasteiger partial charge < -0.3 is 14.6 Å². The molecule has 1 aliphatic carbocycles. The summed E-state index contributed by atoms with van der Waals surface area (Å²) in [6.07, 6.45) is 2.43. The van der Waals surface area contributed by atoms with Crippen molar-refractivity contribution in [3.8, 4) is 11.4 Å². The van der Waals surface area contributed by atoms with E-state index in [-0.39, 0.29) is 17.4 Å². The zero-order valence-corrected chi connectivity index (χ0v) is 17.9. The number of hydrogen-bond acceptors (Lipinski definition) is 3. The lowest BCUT2D eigenvalue weighted by molar-refractivity contribution is -0.118. The Labute approximate surface area is 171 Å². The van der Waals surface area contributed by atoms with Crippen molar-refractivity contribution in [3.05, 3.63) is 35.5 Å². The fourth-order valence-electron chi connectivity index (χ4n) is 4.53. The molecule has 2 N–H and O–H groups in total. The summed E-state index contributed by atoms with van der Waals surface area (Å²) in [5.41, 5.74) is 6.40. The minimum atomic E-state index is 0.0797. The van der Waals surface area contributed by atoms with Gasteiger partial charge in [-0.15, -0.1) is 0 Å². The molecule has 0 saturated carbocycles. The minimum Gasteiger partial charge on any atom is -0.381 e. The summed E-state index contributed by atoms with van der Waals surface area (Å²) in [7, 11) is 1.79. The van der Waals surface area contributed by atoms with Crippen molar-refractivity contribution in [1.82, 2.24) is 15.2 Å². The van der Waals surface area contributed by atoms with E-state index in [0.29, 0.717) is 13.0 Å². The SMILES string of the molecule is CCC(=O)N(CC)c1ccc2cc(-c3n[nH]c4c3CC(OC)C(C)(C)C4)[nH]c2c1. The molecule has 29 heavy (non-hydrogen) atoms. The molecule has 1 atom stereocenters. The summed E-state index contributed by atoms with van der Waals surface area (Å²) in [6, 6.07) is 8.27. The third-order valence-electron chi connectivity index (χ3n) is 6.22. The lowest BCUT2D eigenvalue weighted by atomic mass is 9.73. The van der Waals surface area contributed by atoms with E-state index in [4.69, 9.17) is 4.74 Å². The highest BCUT2D eigenvalue weighted by Crippen LogP contribution is 2.39. The van der Waals surface area contributed by atoms with Crippen LogP contribution in [-0.2, 0) is 22.4 Å². The molecule has 1 unspecified atom stereocenters. The average Bonchev–Trinajstić information content (AvgIpc) is 3.29. The molecule has 0 spiro atoms. The molecule has 3 aromatic rings. The number of amides is 1. The molecule has 0 saturated heterocycles. The van der Waals surface area contributed by atoms with Gasteiger partial charge in [0, 0.05) is 54.3 Å². The first kappa shape index (κ1) is 19.7. The maximum Gasteiger partial charge on any atom is 0.226 e. The van der Waals surface area contributed by atoms with Crippen molar-refractivity contribution in [2.75, 3.05) is 18.6 Å². The number of carbonyl (C=O) groups is 1. The zero-order chi connectivity index (χ0) is 20.8. The van der Waals surface area contributed by atoms with E-state index in [9.17, 15) is 4.79 Å². The molecule has 0 fully saturated rings. The number of carbonyl (C=O) groups excluding carboxylic acids is 1. The molecular weight excluding hydrogens is 364 g/mol. The summed E-state index contributed by atoms with van der Waals surface area (Å²) in [4.78, 5) is 17.6. The fraction of sp³-hybridized carbons (Fsp3) is 0.478. The Morgan fingerprint density at radius 3 is 2.79 bits per heavy atom. The molecule has 0 radical (unpaired) electrons. The van der Waals surface area contributed by atoms with Gasteiger partial charge in [-0.2, -0.15) is 5.10 Å². The second kappa shape index (κ2) is 7.34. The lowest BCUT2D eigenvalue weighted by Gasteiger charge is -2.37. The monoisotopic (exact) mass is 394 g/mol. The zero-order valence-electron chi connectivity index (χ0n) is 17.9. The predicted octanol–water partition coefficient (Wildman–Crippen LogP) is 4.46. The Bertz CT molecular complexity index is 1050. The molecule has 4 rings (SSSR count). The van der Waals surface area contributed by atoms with Gasteiger partial charge in [-0.3, -0.25) is 9.89 Å². The number of benzene rings is 1. The average molecular weight is 395 g/mol. The summed E-state index contributed by atoms with van der Waals surface area (Å²) in [6.45, 7) is 9.04. The van der Waals surface area contributed by atoms with Gasteiger partial charge in [-0.25, -0.2) is 0 Å². The molecule has 154 valence electrons. The first-order chi connectivity index (χ1) is 13.9. The summed E-state index contributed by atoms with van der Waals surface area (Å²) < 4.78 is 5.78. The van der Waals surface area contributed by atoms with E-state index in [1.54, 1.807) is 7.11 Å². The normalized spacial score (nSPS) is 18.0. The van der Waals surface area contributed by atoms with Crippen LogP contribution in [0.25, 0.3) is 22.3 Å². The molecule has 1 amide bonds. The van der Waals surface area contributed by atoms with E-state index in [2.05, 4.69) is 47.2 Å². The summed E-state index contributed by atoms with van der Waals surface area (Å²) >= 11 is 0. The van der Waals surface area contributed by atoms with Crippen LogP contribution in [0.4, 0.5) is 5.69 Å². The van der Waals surface area contributed by atoms with Crippen molar-refractivity contribution >= 4 is 22.5 Å². The number of aromatic amines is 2. The van der Waals surface area contributed by atoms with Gasteiger partial charge in [0.1, 0.15) is 5.69 Å². The standard InChI is InChI=1S/C23H30N4O2/c1-6-21(28)27(7-2)15-9-8-14-10-18(24-17(14)11-15)22-16-12-20(29-5)23(3,4)13-19(16)25-26-22/h8-11,20,24H,6-7,12-13H2,1-5H3,(H,25,26). The van der Waals surface area contributed by atoms with Crippen molar-refractivity contribution in [3.63, 3.8) is 0 Å². The number of ether oxygens (including phenoxy) is 1. The predicted molar refractivity (Wildman–Crippen MR) is 116 cm³/mol. The van der Waals surface area contributed by atoms with Crippen LogP contribution in [0.1, 0.15) is 45.4 Å². The maximum absolute atomic E-state index is 12.2. The Morgan fingerprint density at radius 1 is 1.31 bits per heavy atom. The van der Waals surface area contributed by atoms with Crippen molar-refractivity contribution in [2.24, 2.45) is 5.41 Å². The van der Waals surface area contributed by atoms with Gasteiger partial charge in [0.05, 0.1) is 11.8 Å². The minimum absolute atomic E-state index is 0.0797. The highest BCUT2D eigenvalue weighted by molar-refractivity contribution is 5.96. The van der Waals surface area contributed by atoms with Crippen LogP contribution in [0.2, 0.25) is 0 Å². The molecule has 2 aromatic heterocycles. The second-order valence-corrected chi connectivity index (χ2v) is 8.57. The van der Waals surface area contributed by atoms with E-state index >= 15 is 0 Å². The van der Waals surface area contributed by atoms with E-state index in [1.165, 1.54) is 11.3 Å². The van der Waals surface area contributed by atoms with Gasteiger partial charge >= 0.3 is 0 Å². The summed E-state index contributed by atoms with van der Waals surface area (Å²) in [5.74, 6) is 0.133. The first-order valence-electron chi connectivity index (χ1n) is 10.4. The Kier molecular flexibility index (Phi) is 4.99. The topological polar surface area (TPSA) is 74.0 Å². The number of H-pyrrole nitrogens is 2. The highest BCUT2D eigenvalue weighted by Gasteiger charge is 2.38. The van der Waals surface area contributed by atoms with Crippen LogP contribution in [0.3, 0.4) is 0 Å². The van der Waals surface area contributed by atoms with Crippen LogP contribution in [-0.4, -0.2) is 40.8 Å². The van der Waals surface area contributed by atoms with Crippen molar-refractivity contribution in [2.45, 2.75) is 53.1 Å². The van der Waals surface area contributed by atoms with Crippen LogP contribution < -0.4 is 4.90 Å². The van der Waals surface area contributed by atoms with Crippen LogP contribution in [0.15, 0.2) is 24.3 Å². The number of aromatic nitrogens is 3. The molecule has 0 aliphatic heterocycles. The van der Waals surface area contributed by atoms with E-state index in [0.717, 1.165) is 40.8 Å². The van der Waals surface area contributed by atoms with E-state index in [1.807, 2.05) is 24.8 Å². The third-order valence-corrected chi connectivity index (χ3v) is 6.22. The molecular formula is C23H30N4O2. The number of anilines is 1. The Morgan fingerprint density at radius 2 is 2.10 bits per heavy atom. The molecule has 0 bridgehead atoms. The van der Waals surface area contributed by atoms with Crippen LogP contribution in [0.5, 0.6) is 0 Å². The second-order valence-electron chi connectivity index (χ2n) is 8.57. The van der Waals surface area contributed by atoms with Gasteiger partial charge in [0.15, 0.2) is 0 Å². The number of methoxy groups -OCH3 is 1. The number of hydrogen-bond donors (Lipinski definition) is 2. The van der Waals surface area contributed by atoms with Gasteiger partial charge in [-0.1, -0.05) is 26.8 Å². The quantitative estimate of drug-likeness (QED) is 0.671. The smallest absolute Gasteiger partial charge is 0.226 e. The lowest BCUT2D eigenvalue weighted by Crippen LogP contribution is -2.38. The largest absolute Gasteiger partial charge is 0.381 e. The first-order valence-corrected chi connectivity index (χ1v) is 10.4. The van der Waals surface area contributed by atoms with Gasteiger partial charge in [-0.05, 0) is 37.0 Å². The maximum atomic E-state index is 12.2. The van der Waals surface area contributed by atoms with Crippen LogP contribution >= 0.6 is 0 Å². The van der Waals surface area contributed by atoms with Crippen LogP contribution in [0, 0.1) is 5.41 Å². The van der Waals surface area contributed by atoms with Crippen molar-refractivity contribution < 1.29 is 9.53 Å². The third kappa shape index (κ3) is 3.35. The van der Waals surface area contributed by atoms with Crippen molar-refractivity contribution in [1.29, 1.82) is 0 Å². The fourth-order valence-corrected chi connectivity index (χ4v) is 4.53. The van der Waals surface area contributed by atoms with Gasteiger partial charge in [0.25, 0.3) is 0 Å². The Balaban J connectivity index is 1.72. The number of rotatable bonds is 5. The molecule has 1 aromatic carbocycles. The number of nitrogens with one attached hydrogen (secondary N) is 2. The molecule has 2 heterocycles.